The van der Waals surface area contributed by atoms with E-state index >= 15 is 0 Å². The molecule has 0 saturated carbocycles. The first-order valence-electron chi connectivity index (χ1n) is 9.85. The second kappa shape index (κ2) is 8.79. The number of para-hydroxylation sites is 1. The van der Waals surface area contributed by atoms with E-state index in [2.05, 4.69) is 10.7 Å². The average Bonchev–Trinajstić information content (AvgIpc) is 3.15. The number of nitrogens with one attached hydrogen (secondary N) is 2. The summed E-state index contributed by atoms with van der Waals surface area (Å²) < 4.78 is 10.8. The van der Waals surface area contributed by atoms with Crippen molar-refractivity contribution in [3.8, 4) is 11.5 Å². The molecule has 1 aliphatic heterocycles. The molecule has 7 heteroatoms. The topological polar surface area (TPSA) is 79.9 Å². The fourth-order valence-corrected chi connectivity index (χ4v) is 3.70. The number of nitrogens with zero attached hydrogens (tertiary/aromatic N) is 1. The molecular formula is C24H23N3O4. The summed E-state index contributed by atoms with van der Waals surface area (Å²) in [6, 6.07) is 22.5. The molecule has 2 atom stereocenters. The second-order valence-corrected chi connectivity index (χ2v) is 7.06. The van der Waals surface area contributed by atoms with Crippen LogP contribution in [0.5, 0.6) is 11.5 Å². The molecule has 0 aromatic heterocycles. The summed E-state index contributed by atoms with van der Waals surface area (Å²) in [4.78, 5) is 25.8. The first kappa shape index (κ1) is 20.3. The maximum atomic E-state index is 13.0. The fourth-order valence-electron chi connectivity index (χ4n) is 3.70. The summed E-state index contributed by atoms with van der Waals surface area (Å²) in [6.07, 6.45) is 0. The normalized spacial score (nSPS) is 17.7. The van der Waals surface area contributed by atoms with E-state index in [9.17, 15) is 9.59 Å². The van der Waals surface area contributed by atoms with E-state index in [1.54, 1.807) is 49.6 Å². The molecule has 31 heavy (non-hydrogen) atoms. The Balaban J connectivity index is 1.74. The first-order chi connectivity index (χ1) is 15.1. The Kier molecular flexibility index (Phi) is 5.75. The number of amides is 2. The van der Waals surface area contributed by atoms with Crippen molar-refractivity contribution in [2.75, 3.05) is 19.2 Å². The predicted molar refractivity (Wildman–Crippen MR) is 117 cm³/mol. The van der Waals surface area contributed by atoms with Gasteiger partial charge in [0.1, 0.15) is 12.1 Å². The quantitative estimate of drug-likeness (QED) is 0.644. The summed E-state index contributed by atoms with van der Waals surface area (Å²) >= 11 is 0. The smallest absolute Gasteiger partial charge is 0.263 e. The number of benzene rings is 3. The van der Waals surface area contributed by atoms with Crippen LogP contribution in [0.25, 0.3) is 0 Å². The van der Waals surface area contributed by atoms with Crippen LogP contribution in [0.4, 0.5) is 5.69 Å². The van der Waals surface area contributed by atoms with Crippen molar-refractivity contribution in [2.24, 2.45) is 0 Å². The van der Waals surface area contributed by atoms with Crippen molar-refractivity contribution in [3.63, 3.8) is 0 Å². The van der Waals surface area contributed by atoms with Gasteiger partial charge in [-0.1, -0.05) is 42.5 Å². The van der Waals surface area contributed by atoms with Crippen LogP contribution in [0.1, 0.15) is 22.0 Å². The molecule has 158 valence electrons. The molecule has 3 aromatic carbocycles. The Labute approximate surface area is 180 Å². The van der Waals surface area contributed by atoms with E-state index in [0.29, 0.717) is 17.1 Å². The zero-order chi connectivity index (χ0) is 21.8. The molecule has 2 N–H and O–H groups in total. The monoisotopic (exact) mass is 417 g/mol. The Morgan fingerprint density at radius 3 is 2.19 bits per heavy atom. The summed E-state index contributed by atoms with van der Waals surface area (Å²) in [5, 5.41) is 4.66. The van der Waals surface area contributed by atoms with Gasteiger partial charge in [-0.25, -0.2) is 0 Å². The van der Waals surface area contributed by atoms with E-state index in [-0.39, 0.29) is 11.8 Å². The number of ether oxygens (including phenoxy) is 2. The Morgan fingerprint density at radius 1 is 0.903 bits per heavy atom. The maximum absolute atomic E-state index is 13.0. The molecule has 3 aromatic rings. The number of hydrogen-bond donors (Lipinski definition) is 2. The highest BCUT2D eigenvalue weighted by molar-refractivity contribution is 5.99. The second-order valence-electron chi connectivity index (χ2n) is 7.06. The largest absolute Gasteiger partial charge is 0.493 e. The van der Waals surface area contributed by atoms with Gasteiger partial charge in [0.05, 0.1) is 19.9 Å². The fraction of sp³-hybridized carbons (Fsp3) is 0.167. The lowest BCUT2D eigenvalue weighted by Crippen LogP contribution is -2.43. The Morgan fingerprint density at radius 2 is 1.55 bits per heavy atom. The molecule has 0 radical (unpaired) electrons. The third kappa shape index (κ3) is 4.02. The molecule has 7 nitrogen and oxygen atoms in total. The zero-order valence-corrected chi connectivity index (χ0v) is 17.2. The molecule has 0 unspecified atom stereocenters. The van der Waals surface area contributed by atoms with Gasteiger partial charge in [0, 0.05) is 5.56 Å². The summed E-state index contributed by atoms with van der Waals surface area (Å²) in [5.41, 5.74) is 4.97. The molecule has 1 heterocycles. The number of anilines is 1. The Hall–Kier alpha value is -4.00. The van der Waals surface area contributed by atoms with Gasteiger partial charge >= 0.3 is 0 Å². The van der Waals surface area contributed by atoms with Crippen LogP contribution in [0, 0.1) is 0 Å². The molecule has 0 bridgehead atoms. The molecule has 0 spiro atoms. The molecule has 2 amide bonds. The number of hydrogen-bond acceptors (Lipinski definition) is 5. The van der Waals surface area contributed by atoms with Gasteiger partial charge in [-0.15, -0.1) is 0 Å². The standard InChI is InChI=1S/C24H23N3O4/c1-30-19-14-13-17(15-20(19)31-2)22-21(25-23(28)16-9-5-3-6-10-16)24(29)26-27(22)18-11-7-4-8-12-18/h3-15,21-22H,1-2H3,(H,25,28)(H,26,29)/t21-,22+/m1/s1. The van der Waals surface area contributed by atoms with E-state index in [0.717, 1.165) is 11.3 Å². The van der Waals surface area contributed by atoms with Crippen molar-refractivity contribution in [1.82, 2.24) is 10.7 Å². The van der Waals surface area contributed by atoms with Crippen LogP contribution in [-0.2, 0) is 4.79 Å². The third-order valence-electron chi connectivity index (χ3n) is 5.21. The number of carbonyl (C=O) groups is 2. The third-order valence-corrected chi connectivity index (χ3v) is 5.21. The number of rotatable bonds is 6. The van der Waals surface area contributed by atoms with Crippen molar-refractivity contribution < 1.29 is 19.1 Å². The van der Waals surface area contributed by atoms with Gasteiger partial charge in [-0.05, 0) is 42.0 Å². The van der Waals surface area contributed by atoms with Crippen LogP contribution in [-0.4, -0.2) is 32.1 Å². The van der Waals surface area contributed by atoms with Gasteiger partial charge in [-0.2, -0.15) is 0 Å². The molecule has 1 aliphatic rings. The molecular weight excluding hydrogens is 394 g/mol. The van der Waals surface area contributed by atoms with Gasteiger partial charge in [-0.3, -0.25) is 20.0 Å². The predicted octanol–water partition coefficient (Wildman–Crippen LogP) is 3.09. The van der Waals surface area contributed by atoms with Gasteiger partial charge in [0.2, 0.25) is 0 Å². The van der Waals surface area contributed by atoms with Crippen LogP contribution >= 0.6 is 0 Å². The van der Waals surface area contributed by atoms with Gasteiger partial charge in [0.15, 0.2) is 11.5 Å². The average molecular weight is 417 g/mol. The highest BCUT2D eigenvalue weighted by Gasteiger charge is 2.43. The van der Waals surface area contributed by atoms with Crippen LogP contribution in [0.3, 0.4) is 0 Å². The van der Waals surface area contributed by atoms with Crippen molar-refractivity contribution in [2.45, 2.75) is 12.1 Å². The number of hydrazine groups is 1. The minimum atomic E-state index is -0.814. The van der Waals surface area contributed by atoms with Crippen molar-refractivity contribution in [1.29, 1.82) is 0 Å². The summed E-state index contributed by atoms with van der Waals surface area (Å²) in [5.74, 6) is 0.509. The molecule has 4 rings (SSSR count). The SMILES string of the molecule is COc1ccc([C@H]2[C@@H](NC(=O)c3ccccc3)C(=O)NN2c2ccccc2)cc1OC. The first-order valence-corrected chi connectivity index (χ1v) is 9.85. The summed E-state index contributed by atoms with van der Waals surface area (Å²) in [7, 11) is 3.13. The van der Waals surface area contributed by atoms with Gasteiger partial charge in [0.25, 0.3) is 11.8 Å². The van der Waals surface area contributed by atoms with E-state index in [4.69, 9.17) is 9.47 Å². The van der Waals surface area contributed by atoms with E-state index < -0.39 is 12.1 Å². The highest BCUT2D eigenvalue weighted by atomic mass is 16.5. The maximum Gasteiger partial charge on any atom is 0.263 e. The highest BCUT2D eigenvalue weighted by Crippen LogP contribution is 2.37. The minimum Gasteiger partial charge on any atom is -0.493 e. The van der Waals surface area contributed by atoms with Crippen LogP contribution in [0.2, 0.25) is 0 Å². The molecule has 1 fully saturated rings. The summed E-state index contributed by atoms with van der Waals surface area (Å²) in [6.45, 7) is 0. The van der Waals surface area contributed by atoms with Crippen LogP contribution < -0.4 is 25.2 Å². The molecule has 0 aliphatic carbocycles. The van der Waals surface area contributed by atoms with E-state index in [1.165, 1.54) is 0 Å². The van der Waals surface area contributed by atoms with Crippen molar-refractivity contribution >= 4 is 17.5 Å². The lowest BCUT2D eigenvalue weighted by molar-refractivity contribution is -0.120. The van der Waals surface area contributed by atoms with Gasteiger partial charge < -0.3 is 14.8 Å². The zero-order valence-electron chi connectivity index (χ0n) is 17.2. The van der Waals surface area contributed by atoms with E-state index in [1.807, 2.05) is 48.5 Å². The number of methoxy groups -OCH3 is 2. The van der Waals surface area contributed by atoms with Crippen LogP contribution in [0.15, 0.2) is 78.9 Å². The minimum absolute atomic E-state index is 0.298. The number of carbonyl (C=O) groups excluding carboxylic acids is 2. The Bertz CT molecular complexity index is 1070. The van der Waals surface area contributed by atoms with Crippen molar-refractivity contribution in [3.05, 3.63) is 90.0 Å². The lowest BCUT2D eigenvalue weighted by atomic mass is 9.98. The lowest BCUT2D eigenvalue weighted by Gasteiger charge is -2.28. The molecule has 1 saturated heterocycles.